The number of carbonyl (C=O) groups is 1. The first kappa shape index (κ1) is 17.4. The molecule has 0 amide bonds. The molecule has 1 heterocycles. The normalized spacial score (nSPS) is 11.5. The average Bonchev–Trinajstić information content (AvgIpc) is 2.69. The van der Waals surface area contributed by atoms with Gasteiger partial charge in [-0.2, -0.15) is 4.98 Å². The first-order chi connectivity index (χ1) is 12.7. The summed E-state index contributed by atoms with van der Waals surface area (Å²) in [5.74, 6) is 0.680. The van der Waals surface area contributed by atoms with Crippen molar-refractivity contribution in [3.05, 3.63) is 78.0 Å². The SMILES string of the molecule is COC(=O)c1ccccc1Nc1ccnc(NC(C)c2ccccc2)n1. The van der Waals surface area contributed by atoms with E-state index in [0.717, 1.165) is 5.56 Å². The van der Waals surface area contributed by atoms with E-state index in [1.54, 1.807) is 30.5 Å². The maximum Gasteiger partial charge on any atom is 0.339 e. The molecule has 0 saturated heterocycles. The van der Waals surface area contributed by atoms with Crippen LogP contribution in [0.2, 0.25) is 0 Å². The van der Waals surface area contributed by atoms with Gasteiger partial charge in [-0.15, -0.1) is 0 Å². The average molecular weight is 348 g/mol. The first-order valence-corrected chi connectivity index (χ1v) is 8.26. The van der Waals surface area contributed by atoms with Gasteiger partial charge in [0.25, 0.3) is 0 Å². The van der Waals surface area contributed by atoms with Gasteiger partial charge in [0, 0.05) is 6.20 Å². The predicted molar refractivity (Wildman–Crippen MR) is 102 cm³/mol. The maximum atomic E-state index is 11.9. The number of para-hydroxylation sites is 1. The largest absolute Gasteiger partial charge is 0.465 e. The molecule has 26 heavy (non-hydrogen) atoms. The molecule has 1 aromatic heterocycles. The van der Waals surface area contributed by atoms with Crippen LogP contribution in [0.15, 0.2) is 66.9 Å². The molecule has 0 bridgehead atoms. The van der Waals surface area contributed by atoms with E-state index in [9.17, 15) is 4.79 Å². The number of carbonyl (C=O) groups excluding carboxylic acids is 1. The van der Waals surface area contributed by atoms with E-state index in [1.807, 2.05) is 43.3 Å². The zero-order valence-corrected chi connectivity index (χ0v) is 14.6. The molecule has 0 saturated carbocycles. The number of methoxy groups -OCH3 is 1. The molecule has 1 unspecified atom stereocenters. The van der Waals surface area contributed by atoms with E-state index in [4.69, 9.17) is 4.74 Å². The summed E-state index contributed by atoms with van der Waals surface area (Å²) >= 11 is 0. The van der Waals surface area contributed by atoms with Crippen LogP contribution in [-0.2, 0) is 4.74 Å². The molecule has 0 fully saturated rings. The van der Waals surface area contributed by atoms with Crippen LogP contribution in [0.1, 0.15) is 28.9 Å². The number of esters is 1. The topological polar surface area (TPSA) is 76.1 Å². The highest BCUT2D eigenvalue weighted by Gasteiger charge is 2.12. The van der Waals surface area contributed by atoms with Gasteiger partial charge < -0.3 is 15.4 Å². The molecule has 0 aliphatic carbocycles. The summed E-state index contributed by atoms with van der Waals surface area (Å²) in [4.78, 5) is 20.6. The number of anilines is 3. The summed E-state index contributed by atoms with van der Waals surface area (Å²) in [5, 5.41) is 6.43. The van der Waals surface area contributed by atoms with Crippen LogP contribution in [0.5, 0.6) is 0 Å². The molecule has 1 atom stereocenters. The number of nitrogens with zero attached hydrogens (tertiary/aromatic N) is 2. The number of hydrogen-bond donors (Lipinski definition) is 2. The molecule has 2 N–H and O–H groups in total. The minimum atomic E-state index is -0.404. The molecule has 3 rings (SSSR count). The summed E-state index contributed by atoms with van der Waals surface area (Å²) in [6.07, 6.45) is 1.66. The Morgan fingerprint density at radius 1 is 1.04 bits per heavy atom. The second kappa shape index (κ2) is 8.11. The summed E-state index contributed by atoms with van der Waals surface area (Å²) in [6.45, 7) is 2.05. The molecule has 0 aliphatic heterocycles. The number of nitrogens with one attached hydrogen (secondary N) is 2. The van der Waals surface area contributed by atoms with Gasteiger partial charge in [-0.05, 0) is 30.7 Å². The van der Waals surface area contributed by atoms with Gasteiger partial charge in [0.15, 0.2) is 0 Å². The van der Waals surface area contributed by atoms with Crippen LogP contribution < -0.4 is 10.6 Å². The Kier molecular flexibility index (Phi) is 5.43. The predicted octanol–water partition coefficient (Wildman–Crippen LogP) is 4.18. The van der Waals surface area contributed by atoms with Crippen LogP contribution in [0.3, 0.4) is 0 Å². The van der Waals surface area contributed by atoms with Gasteiger partial charge in [-0.1, -0.05) is 42.5 Å². The third-order valence-corrected chi connectivity index (χ3v) is 3.90. The Labute approximate surface area is 152 Å². The highest BCUT2D eigenvalue weighted by atomic mass is 16.5. The highest BCUT2D eigenvalue weighted by molar-refractivity contribution is 5.96. The van der Waals surface area contributed by atoms with Crippen molar-refractivity contribution in [1.82, 2.24) is 9.97 Å². The Balaban J connectivity index is 1.77. The van der Waals surface area contributed by atoms with Crippen LogP contribution in [-0.4, -0.2) is 23.0 Å². The van der Waals surface area contributed by atoms with Crippen molar-refractivity contribution in [3.8, 4) is 0 Å². The maximum absolute atomic E-state index is 11.9. The van der Waals surface area contributed by atoms with Gasteiger partial charge in [0.1, 0.15) is 5.82 Å². The summed E-state index contributed by atoms with van der Waals surface area (Å²) in [7, 11) is 1.36. The van der Waals surface area contributed by atoms with Crippen LogP contribution in [0, 0.1) is 0 Å². The van der Waals surface area contributed by atoms with Gasteiger partial charge in [-0.3, -0.25) is 0 Å². The van der Waals surface area contributed by atoms with E-state index in [0.29, 0.717) is 23.0 Å². The molecule has 6 heteroatoms. The van der Waals surface area contributed by atoms with E-state index in [1.165, 1.54) is 7.11 Å². The Hall–Kier alpha value is -3.41. The van der Waals surface area contributed by atoms with Crippen molar-refractivity contribution < 1.29 is 9.53 Å². The Morgan fingerprint density at radius 2 is 1.77 bits per heavy atom. The lowest BCUT2D eigenvalue weighted by Gasteiger charge is -2.15. The zero-order valence-electron chi connectivity index (χ0n) is 14.6. The molecular formula is C20H20N4O2. The van der Waals surface area contributed by atoms with Crippen molar-refractivity contribution in [1.29, 1.82) is 0 Å². The fourth-order valence-corrected chi connectivity index (χ4v) is 2.53. The molecule has 0 spiro atoms. The van der Waals surface area contributed by atoms with Gasteiger partial charge in [0.2, 0.25) is 5.95 Å². The first-order valence-electron chi connectivity index (χ1n) is 8.26. The van der Waals surface area contributed by atoms with E-state index in [-0.39, 0.29) is 6.04 Å². The number of rotatable bonds is 6. The fourth-order valence-electron chi connectivity index (χ4n) is 2.53. The number of aromatic nitrogens is 2. The molecule has 2 aromatic carbocycles. The summed E-state index contributed by atoms with van der Waals surface area (Å²) in [5.41, 5.74) is 2.21. The highest BCUT2D eigenvalue weighted by Crippen LogP contribution is 2.22. The van der Waals surface area contributed by atoms with E-state index < -0.39 is 5.97 Å². The van der Waals surface area contributed by atoms with Crippen LogP contribution >= 0.6 is 0 Å². The van der Waals surface area contributed by atoms with E-state index in [2.05, 4.69) is 20.6 Å². The van der Waals surface area contributed by atoms with Crippen molar-refractivity contribution in [2.75, 3.05) is 17.7 Å². The van der Waals surface area contributed by atoms with Crippen molar-refractivity contribution >= 4 is 23.4 Å². The molecule has 132 valence electrons. The lowest BCUT2D eigenvalue weighted by atomic mass is 10.1. The Morgan fingerprint density at radius 3 is 2.54 bits per heavy atom. The minimum absolute atomic E-state index is 0.0637. The molecule has 3 aromatic rings. The third-order valence-electron chi connectivity index (χ3n) is 3.90. The molecular weight excluding hydrogens is 328 g/mol. The van der Waals surface area contributed by atoms with Crippen LogP contribution in [0.4, 0.5) is 17.5 Å². The molecule has 0 aliphatic rings. The quantitative estimate of drug-likeness (QED) is 0.651. The zero-order chi connectivity index (χ0) is 18.4. The third kappa shape index (κ3) is 4.16. The number of hydrogen-bond acceptors (Lipinski definition) is 6. The van der Waals surface area contributed by atoms with E-state index >= 15 is 0 Å². The monoisotopic (exact) mass is 348 g/mol. The second-order valence-electron chi connectivity index (χ2n) is 5.70. The number of ether oxygens (including phenoxy) is 1. The number of benzene rings is 2. The van der Waals surface area contributed by atoms with Crippen molar-refractivity contribution in [3.63, 3.8) is 0 Å². The standard InChI is InChI=1S/C20H20N4O2/c1-14(15-8-4-3-5-9-15)22-20-21-13-12-18(24-20)23-17-11-7-6-10-16(17)19(25)26-2/h3-14H,1-2H3,(H2,21,22,23,24). The smallest absolute Gasteiger partial charge is 0.339 e. The lowest BCUT2D eigenvalue weighted by molar-refractivity contribution is 0.0602. The fraction of sp³-hybridized carbons (Fsp3) is 0.150. The van der Waals surface area contributed by atoms with Crippen molar-refractivity contribution in [2.24, 2.45) is 0 Å². The van der Waals surface area contributed by atoms with Gasteiger partial charge in [0.05, 0.1) is 24.4 Å². The summed E-state index contributed by atoms with van der Waals surface area (Å²) < 4.78 is 4.82. The Bertz CT molecular complexity index is 884. The van der Waals surface area contributed by atoms with Crippen LogP contribution in [0.25, 0.3) is 0 Å². The van der Waals surface area contributed by atoms with Crippen molar-refractivity contribution in [2.45, 2.75) is 13.0 Å². The van der Waals surface area contributed by atoms with Gasteiger partial charge in [-0.25, -0.2) is 9.78 Å². The lowest BCUT2D eigenvalue weighted by Crippen LogP contribution is -2.10. The molecule has 6 nitrogen and oxygen atoms in total. The summed E-state index contributed by atoms with van der Waals surface area (Å²) in [6, 6.07) is 19.0. The van der Waals surface area contributed by atoms with Gasteiger partial charge >= 0.3 is 5.97 Å². The minimum Gasteiger partial charge on any atom is -0.465 e. The second-order valence-corrected chi connectivity index (χ2v) is 5.70. The molecule has 0 radical (unpaired) electrons.